The van der Waals surface area contributed by atoms with Crippen molar-refractivity contribution in [3.8, 4) is 0 Å². The molecule has 0 aliphatic carbocycles. The summed E-state index contributed by atoms with van der Waals surface area (Å²) in [5.74, 6) is 0. The maximum atomic E-state index is 10.00. The van der Waals surface area contributed by atoms with Gasteiger partial charge in [0.1, 0.15) is 0 Å². The van der Waals surface area contributed by atoms with Gasteiger partial charge in [0.15, 0.2) is 0 Å². The van der Waals surface area contributed by atoms with E-state index in [0.717, 1.165) is 5.69 Å². The van der Waals surface area contributed by atoms with Gasteiger partial charge in [-0.3, -0.25) is 4.98 Å². The fourth-order valence-electron chi connectivity index (χ4n) is 0.602. The molecule has 0 saturated carbocycles. The van der Waals surface area contributed by atoms with Crippen LogP contribution >= 0.6 is 0 Å². The molecule has 0 unspecified atom stereocenters. The average Bonchev–Trinajstić information content (AvgIpc) is 2.05. The minimum absolute atomic E-state index is 0. The summed E-state index contributed by atoms with van der Waals surface area (Å²) >= 11 is 0. The number of carbonyl (C=O) groups excluding carboxylic acids is 1. The molecule has 0 aliphatic rings. The van der Waals surface area contributed by atoms with E-state index in [0.29, 0.717) is 5.69 Å². The Morgan fingerprint density at radius 2 is 1.92 bits per heavy atom. The van der Waals surface area contributed by atoms with Crippen LogP contribution in [0.1, 0.15) is 5.69 Å². The van der Waals surface area contributed by atoms with Gasteiger partial charge in [-0.1, -0.05) is 5.69 Å². The molecule has 1 aromatic rings. The normalized spacial score (nSPS) is 6.85. The fourth-order valence-corrected chi connectivity index (χ4v) is 0.602. The van der Waals surface area contributed by atoms with E-state index in [1.54, 1.807) is 31.7 Å². The van der Waals surface area contributed by atoms with Crippen LogP contribution in [-0.4, -0.2) is 18.3 Å². The Morgan fingerprint density at radius 3 is 2.23 bits per heavy atom. The number of aromatic nitrogens is 1. The molecule has 13 heavy (non-hydrogen) atoms. The first-order valence-corrected chi connectivity index (χ1v) is 2.89. The summed E-state index contributed by atoms with van der Waals surface area (Å²) < 4.78 is 0. The number of nitrogens with zero attached hydrogens (tertiary/aromatic N) is 1. The third kappa shape index (κ3) is 7.81. The molecule has 0 saturated heterocycles. The van der Waals surface area contributed by atoms with Crippen LogP contribution in [-0.2, 0) is 103 Å². The Bertz CT molecular complexity index is 228. The monoisotopic (exact) mass is 402 g/mol. The molecule has 0 aromatic carbocycles. The molecule has 3 nitrogen and oxygen atoms in total. The predicted molar refractivity (Wildman–Crippen MR) is 38.6 cm³/mol. The van der Waals surface area contributed by atoms with Gasteiger partial charge in [0.25, 0.3) is 0 Å². The topological polar surface area (TPSA) is 42.0 Å². The van der Waals surface area contributed by atoms with Crippen molar-refractivity contribution in [1.29, 1.82) is 0 Å². The van der Waals surface area contributed by atoms with Crippen LogP contribution in [0.5, 0.6) is 0 Å². The van der Waals surface area contributed by atoms with Crippen LogP contribution < -0.4 is 5.32 Å². The zero-order valence-electron chi connectivity index (χ0n) is 7.32. The molecular weight excluding hydrogens is 395 g/mol. The molecule has 1 heterocycles. The summed E-state index contributed by atoms with van der Waals surface area (Å²) in [5.41, 5.74) is 1.22. The van der Waals surface area contributed by atoms with E-state index in [4.69, 9.17) is 0 Å². The second kappa shape index (κ2) is 12.0. The van der Waals surface area contributed by atoms with E-state index in [-0.39, 0.29) is 98.1 Å². The molecule has 61 valence electrons. The summed E-state index contributed by atoms with van der Waals surface area (Å²) in [7, 11) is 1.79. The van der Waals surface area contributed by atoms with Crippen molar-refractivity contribution in [3.05, 3.63) is 24.0 Å². The number of anilines is 1. The summed E-state index contributed by atoms with van der Waals surface area (Å²) in [6, 6.07) is 3.38. The Hall–Kier alpha value is 1.93. The smallest absolute Gasteiger partial charge is 0.0455 e. The average molecular weight is 402 g/mol. The third-order valence-electron chi connectivity index (χ3n) is 1.16. The summed E-state index contributed by atoms with van der Waals surface area (Å²) in [5, 5.41) is 2.89. The van der Waals surface area contributed by atoms with Crippen molar-refractivity contribution in [2.45, 2.75) is 0 Å². The van der Waals surface area contributed by atoms with Crippen molar-refractivity contribution in [2.75, 3.05) is 12.4 Å². The van der Waals surface area contributed by atoms with Gasteiger partial charge in [0, 0.05) is 123 Å². The van der Waals surface area contributed by atoms with Crippen LogP contribution in [0.4, 0.5) is 5.69 Å². The summed E-state index contributed by atoms with van der Waals surface area (Å²) in [4.78, 5) is 13.8. The van der Waals surface area contributed by atoms with Gasteiger partial charge >= 0.3 is 0 Å². The van der Waals surface area contributed by atoms with E-state index in [2.05, 4.69) is 10.3 Å². The second-order valence-corrected chi connectivity index (χ2v) is 1.78. The van der Waals surface area contributed by atoms with E-state index in [1.165, 1.54) is 0 Å². The van der Waals surface area contributed by atoms with E-state index in [9.17, 15) is 4.79 Å². The second-order valence-electron chi connectivity index (χ2n) is 1.78. The summed E-state index contributed by atoms with van der Waals surface area (Å²) in [6.07, 6.45) is 3.27. The molecule has 1 N–H and O–H groups in total. The first-order chi connectivity index (χ1) is 4.86. The number of nitrogens with one attached hydrogen (secondary N) is 1. The molecule has 0 fully saturated rings. The largest absolute Gasteiger partial charge is 0.417 e. The SMILES string of the molecule is CNc1ccc([C-]=O)nc1.[Y].[Y].[Y]. The molecule has 3 radical (unpaired) electrons. The molecule has 1 aromatic heterocycles. The predicted octanol–water partition coefficient (Wildman–Crippen LogP) is 0.574. The maximum Gasteiger partial charge on any atom is 0.0455 e. The number of hydrogen-bond acceptors (Lipinski definition) is 3. The molecule has 0 aliphatic heterocycles. The Morgan fingerprint density at radius 1 is 1.31 bits per heavy atom. The van der Waals surface area contributed by atoms with Crippen molar-refractivity contribution in [2.24, 2.45) is 0 Å². The van der Waals surface area contributed by atoms with Crippen LogP contribution in [0.25, 0.3) is 0 Å². The molecule has 6 heteroatoms. The maximum absolute atomic E-state index is 10.00. The van der Waals surface area contributed by atoms with E-state index in [1.807, 2.05) is 0 Å². The van der Waals surface area contributed by atoms with Gasteiger partial charge in [-0.05, 0) is 0 Å². The van der Waals surface area contributed by atoms with E-state index < -0.39 is 0 Å². The third-order valence-corrected chi connectivity index (χ3v) is 1.16. The van der Waals surface area contributed by atoms with Crippen molar-refractivity contribution in [1.82, 2.24) is 4.98 Å². The van der Waals surface area contributed by atoms with Gasteiger partial charge in [0.05, 0.1) is 0 Å². The van der Waals surface area contributed by atoms with Crippen LogP contribution in [0, 0.1) is 0 Å². The standard InChI is InChI=1S/C7H7N2O.3Y/c1-8-6-2-3-7(5-10)9-4-6;;;/h2-4,8H,1H3;;;/q-1;;;. The van der Waals surface area contributed by atoms with Gasteiger partial charge in [0.2, 0.25) is 0 Å². The Labute approximate surface area is 153 Å². The number of rotatable bonds is 2. The van der Waals surface area contributed by atoms with Crippen molar-refractivity contribution >= 4 is 12.0 Å². The Kier molecular flexibility index (Phi) is 18.8. The first kappa shape index (κ1) is 20.4. The van der Waals surface area contributed by atoms with Crippen molar-refractivity contribution < 1.29 is 103 Å². The quantitative estimate of drug-likeness (QED) is 0.737. The van der Waals surface area contributed by atoms with Gasteiger partial charge in [-0.2, -0.15) is 6.07 Å². The minimum atomic E-state index is 0. The van der Waals surface area contributed by atoms with Crippen molar-refractivity contribution in [3.63, 3.8) is 0 Å². The molecule has 0 amide bonds. The Balaban J connectivity index is -0.000000333. The van der Waals surface area contributed by atoms with Crippen LogP contribution in [0.2, 0.25) is 0 Å². The molecular formula is C7H7N2OY3-. The van der Waals surface area contributed by atoms with Crippen LogP contribution in [0.3, 0.4) is 0 Å². The number of pyridine rings is 1. The van der Waals surface area contributed by atoms with Crippen LogP contribution in [0.15, 0.2) is 18.3 Å². The fraction of sp³-hybridized carbons (Fsp3) is 0.143. The number of hydrogen-bond donors (Lipinski definition) is 1. The molecule has 0 spiro atoms. The van der Waals surface area contributed by atoms with E-state index >= 15 is 0 Å². The molecule has 0 bridgehead atoms. The van der Waals surface area contributed by atoms with Gasteiger partial charge in [-0.15, -0.1) is 6.07 Å². The zero-order valence-corrected chi connectivity index (χ0v) is 15.8. The van der Waals surface area contributed by atoms with Gasteiger partial charge in [-0.25, -0.2) is 0 Å². The zero-order chi connectivity index (χ0) is 7.40. The minimum Gasteiger partial charge on any atom is -0.417 e. The molecule has 0 atom stereocenters. The summed E-state index contributed by atoms with van der Waals surface area (Å²) in [6.45, 7) is 0. The molecule has 1 rings (SSSR count). The first-order valence-electron chi connectivity index (χ1n) is 2.89. The van der Waals surface area contributed by atoms with Gasteiger partial charge < -0.3 is 10.1 Å².